The normalized spacial score (nSPS) is 12.0. The minimum Gasteiger partial charge on any atom is -0.480 e. The lowest BCUT2D eigenvalue weighted by Gasteiger charge is -2.22. The van der Waals surface area contributed by atoms with E-state index in [1.165, 1.54) is 6.07 Å². The maximum Gasteiger partial charge on any atom is 0.326 e. The van der Waals surface area contributed by atoms with Gasteiger partial charge in [0, 0.05) is 18.3 Å². The van der Waals surface area contributed by atoms with Crippen LogP contribution in [0.2, 0.25) is 0 Å². The van der Waals surface area contributed by atoms with Gasteiger partial charge in [-0.05, 0) is 37.1 Å². The van der Waals surface area contributed by atoms with E-state index < -0.39 is 40.2 Å². The fourth-order valence-electron chi connectivity index (χ4n) is 3.38. The van der Waals surface area contributed by atoms with Gasteiger partial charge in [-0.3, -0.25) is 9.35 Å². The van der Waals surface area contributed by atoms with Crippen LogP contribution in [-0.2, 0) is 21.5 Å². The maximum atomic E-state index is 12.5. The van der Waals surface area contributed by atoms with E-state index in [1.807, 2.05) is 11.9 Å². The first-order valence-electron chi connectivity index (χ1n) is 10.2. The molecule has 0 radical (unpaired) electrons. The molecule has 2 heterocycles. The minimum absolute atomic E-state index is 0. The number of benzene rings is 1. The molecular weight excluding hydrogens is 494 g/mol. The van der Waals surface area contributed by atoms with Crippen LogP contribution >= 0.6 is 0 Å². The number of carboxylic acids is 1. The van der Waals surface area contributed by atoms with Crippen LogP contribution in [0.15, 0.2) is 24.4 Å². The molecule has 0 bridgehead atoms. The molecule has 0 aliphatic rings. The Morgan fingerprint density at radius 3 is 2.50 bits per heavy atom. The standard InChI is InChI=1S/C20H24N8O6S.H3N/c1-10-7-11(18(29)25-13(19(30)31)5-6-35(32,33)34)3-4-14(10)28(2)9-12-8-23-17-15(24-12)16(21)26-20(22)27-17;/h3-4,7-8,13H,5-6,9H2,1-2H3,(H,25,29)(H,30,31)(H,32,33,34)(H4,21,22,23,26,27);1H3/t13-;/m0./s1. The number of carbonyl (C=O) groups is 2. The van der Waals surface area contributed by atoms with Crippen molar-refractivity contribution in [2.75, 3.05) is 29.2 Å². The van der Waals surface area contributed by atoms with Crippen LogP contribution in [-0.4, -0.2) is 68.7 Å². The van der Waals surface area contributed by atoms with Gasteiger partial charge >= 0.3 is 5.97 Å². The number of nitrogen functional groups attached to an aromatic ring is 2. The monoisotopic (exact) mass is 521 g/mol. The number of carbonyl (C=O) groups excluding carboxylic acids is 1. The molecule has 0 aliphatic carbocycles. The first kappa shape index (κ1) is 28.1. The summed E-state index contributed by atoms with van der Waals surface area (Å²) in [7, 11) is -2.55. The number of hydrogen-bond acceptors (Lipinski definition) is 12. The molecule has 0 fully saturated rings. The van der Waals surface area contributed by atoms with E-state index in [4.69, 9.17) is 16.0 Å². The summed E-state index contributed by atoms with van der Waals surface area (Å²) in [6.07, 6.45) is 1.06. The number of amides is 1. The van der Waals surface area contributed by atoms with Crippen LogP contribution in [0.1, 0.15) is 28.0 Å². The summed E-state index contributed by atoms with van der Waals surface area (Å²) in [5.74, 6) is -2.79. The molecule has 1 aromatic carbocycles. The Morgan fingerprint density at radius 2 is 1.89 bits per heavy atom. The predicted molar refractivity (Wildman–Crippen MR) is 132 cm³/mol. The lowest BCUT2D eigenvalue weighted by atomic mass is 10.1. The van der Waals surface area contributed by atoms with Crippen molar-refractivity contribution in [3.8, 4) is 0 Å². The summed E-state index contributed by atoms with van der Waals surface area (Å²) in [5.41, 5.74) is 14.3. The molecule has 0 spiro atoms. The van der Waals surface area contributed by atoms with Gasteiger partial charge in [-0.25, -0.2) is 14.8 Å². The quantitative estimate of drug-likeness (QED) is 0.205. The number of nitrogens with zero attached hydrogens (tertiary/aromatic N) is 5. The number of hydrogen-bond donors (Lipinski definition) is 6. The van der Waals surface area contributed by atoms with Crippen LogP contribution in [0.25, 0.3) is 11.2 Å². The van der Waals surface area contributed by atoms with Crippen LogP contribution < -0.4 is 27.8 Å². The zero-order chi connectivity index (χ0) is 25.9. The van der Waals surface area contributed by atoms with Gasteiger partial charge in [0.2, 0.25) is 5.95 Å². The number of anilines is 3. The molecular formula is C20H27N9O6S. The van der Waals surface area contributed by atoms with Gasteiger partial charge in [-0.1, -0.05) is 0 Å². The number of aryl methyl sites for hydroxylation is 1. The highest BCUT2D eigenvalue weighted by Gasteiger charge is 2.23. The molecule has 1 amide bonds. The molecule has 36 heavy (non-hydrogen) atoms. The highest BCUT2D eigenvalue weighted by Crippen LogP contribution is 2.23. The molecule has 0 unspecified atom stereocenters. The third kappa shape index (κ3) is 6.94. The third-order valence-electron chi connectivity index (χ3n) is 5.04. The average molecular weight is 522 g/mol. The molecule has 3 rings (SSSR count). The second-order valence-corrected chi connectivity index (χ2v) is 9.37. The number of rotatable bonds is 9. The number of nitrogens with one attached hydrogen (secondary N) is 1. The summed E-state index contributed by atoms with van der Waals surface area (Å²) >= 11 is 0. The molecule has 16 heteroatoms. The lowest BCUT2D eigenvalue weighted by Crippen LogP contribution is -2.42. The Labute approximate surface area is 206 Å². The van der Waals surface area contributed by atoms with E-state index in [0.29, 0.717) is 23.3 Å². The van der Waals surface area contributed by atoms with E-state index in [9.17, 15) is 23.1 Å². The summed E-state index contributed by atoms with van der Waals surface area (Å²) in [5, 5.41) is 11.5. The van der Waals surface area contributed by atoms with E-state index in [-0.39, 0.29) is 29.1 Å². The highest BCUT2D eigenvalue weighted by molar-refractivity contribution is 7.85. The molecule has 15 nitrogen and oxygen atoms in total. The number of aliphatic carboxylic acids is 1. The first-order valence-corrected chi connectivity index (χ1v) is 11.8. The Bertz CT molecular complexity index is 1400. The van der Waals surface area contributed by atoms with Gasteiger partial charge in [0.15, 0.2) is 17.0 Å². The fourth-order valence-corrected chi connectivity index (χ4v) is 3.91. The van der Waals surface area contributed by atoms with Gasteiger partial charge in [-0.15, -0.1) is 0 Å². The SMILES string of the molecule is Cc1cc(C(=O)N[C@@H](CCS(=O)(=O)O)C(=O)O)ccc1N(C)Cc1cnc2nc(N)nc(N)c2n1.N. The highest BCUT2D eigenvalue weighted by atomic mass is 32.2. The molecule has 0 saturated heterocycles. The largest absolute Gasteiger partial charge is 0.480 e. The van der Waals surface area contributed by atoms with Crippen molar-refractivity contribution >= 4 is 50.6 Å². The molecule has 194 valence electrons. The molecule has 3 aromatic rings. The molecule has 0 aliphatic heterocycles. The lowest BCUT2D eigenvalue weighted by molar-refractivity contribution is -0.139. The van der Waals surface area contributed by atoms with Gasteiger partial charge in [-0.2, -0.15) is 18.4 Å². The molecule has 10 N–H and O–H groups in total. The molecule has 0 saturated carbocycles. The predicted octanol–water partition coefficient (Wildman–Crippen LogP) is 0.152. The zero-order valence-corrected chi connectivity index (χ0v) is 20.4. The first-order chi connectivity index (χ1) is 16.3. The van der Waals surface area contributed by atoms with Crippen LogP contribution in [0.5, 0.6) is 0 Å². The Balaban J connectivity index is 0.00000456. The Hall–Kier alpha value is -4.15. The zero-order valence-electron chi connectivity index (χ0n) is 19.5. The van der Waals surface area contributed by atoms with E-state index >= 15 is 0 Å². The maximum absolute atomic E-state index is 12.5. The van der Waals surface area contributed by atoms with Crippen molar-refractivity contribution in [1.29, 1.82) is 0 Å². The second-order valence-electron chi connectivity index (χ2n) is 7.80. The Kier molecular flexibility index (Phi) is 8.63. The van der Waals surface area contributed by atoms with Crippen molar-refractivity contribution in [2.45, 2.75) is 25.9 Å². The Morgan fingerprint density at radius 1 is 1.19 bits per heavy atom. The average Bonchev–Trinajstić information content (AvgIpc) is 2.75. The van der Waals surface area contributed by atoms with Gasteiger partial charge in [0.1, 0.15) is 6.04 Å². The molecule has 1 atom stereocenters. The fraction of sp³-hybridized carbons (Fsp3) is 0.300. The summed E-state index contributed by atoms with van der Waals surface area (Å²) in [4.78, 5) is 42.3. The van der Waals surface area contributed by atoms with Crippen molar-refractivity contribution < 1.29 is 27.7 Å². The third-order valence-corrected chi connectivity index (χ3v) is 5.79. The molecule has 2 aromatic heterocycles. The van der Waals surface area contributed by atoms with Gasteiger partial charge in [0.05, 0.1) is 24.2 Å². The topological polar surface area (TPSA) is 263 Å². The summed E-state index contributed by atoms with van der Waals surface area (Å²) < 4.78 is 30.6. The van der Waals surface area contributed by atoms with Crippen molar-refractivity contribution in [3.05, 3.63) is 41.2 Å². The van der Waals surface area contributed by atoms with Crippen molar-refractivity contribution in [2.24, 2.45) is 0 Å². The van der Waals surface area contributed by atoms with E-state index in [0.717, 1.165) is 5.69 Å². The van der Waals surface area contributed by atoms with E-state index in [1.54, 1.807) is 25.3 Å². The van der Waals surface area contributed by atoms with Crippen LogP contribution in [0.3, 0.4) is 0 Å². The van der Waals surface area contributed by atoms with Gasteiger partial charge in [0.25, 0.3) is 16.0 Å². The van der Waals surface area contributed by atoms with Crippen molar-refractivity contribution in [1.82, 2.24) is 31.4 Å². The smallest absolute Gasteiger partial charge is 0.326 e. The number of nitrogens with two attached hydrogens (primary N) is 2. The van der Waals surface area contributed by atoms with Crippen LogP contribution in [0.4, 0.5) is 17.5 Å². The number of carboxylic acid groups (broad SMARTS) is 1. The van der Waals surface area contributed by atoms with Gasteiger partial charge < -0.3 is 32.9 Å². The van der Waals surface area contributed by atoms with Crippen LogP contribution in [0, 0.1) is 6.92 Å². The summed E-state index contributed by atoms with van der Waals surface area (Å²) in [6, 6.07) is 3.29. The number of fused-ring (bicyclic) bond motifs is 1. The summed E-state index contributed by atoms with van der Waals surface area (Å²) in [6.45, 7) is 2.12. The van der Waals surface area contributed by atoms with Crippen molar-refractivity contribution in [3.63, 3.8) is 0 Å². The number of aromatic nitrogens is 4. The second kappa shape index (κ2) is 11.1. The van der Waals surface area contributed by atoms with E-state index in [2.05, 4.69) is 25.3 Å². The minimum atomic E-state index is -4.37.